The van der Waals surface area contributed by atoms with E-state index in [2.05, 4.69) is 17.6 Å². The number of nitrogens with one attached hydrogen (secondary N) is 2. The Labute approximate surface area is 288 Å². The maximum atomic E-state index is 13.4. The summed E-state index contributed by atoms with van der Waals surface area (Å²) >= 11 is 0. The van der Waals surface area contributed by atoms with E-state index in [1.54, 1.807) is 6.92 Å². The summed E-state index contributed by atoms with van der Waals surface area (Å²) < 4.78 is 23.3. The Bertz CT molecular complexity index is 1790. The highest BCUT2D eigenvalue weighted by atomic mass is 16.6. The number of para-hydroxylation sites is 1. The van der Waals surface area contributed by atoms with Gasteiger partial charge in [-0.1, -0.05) is 66.7 Å². The predicted octanol–water partition coefficient (Wildman–Crippen LogP) is 7.17. The quantitative estimate of drug-likeness (QED) is 0.198. The summed E-state index contributed by atoms with van der Waals surface area (Å²) in [5, 5.41) is 5.80. The topological polar surface area (TPSA) is 112 Å². The lowest BCUT2D eigenvalue weighted by Gasteiger charge is -2.30. The monoisotopic (exact) mass is 664 g/mol. The summed E-state index contributed by atoms with van der Waals surface area (Å²) in [6.07, 6.45) is 4.10. The van der Waals surface area contributed by atoms with Crippen molar-refractivity contribution in [2.24, 2.45) is 5.41 Å². The van der Waals surface area contributed by atoms with Crippen molar-refractivity contribution < 1.29 is 33.3 Å². The molecule has 9 nitrogen and oxygen atoms in total. The van der Waals surface area contributed by atoms with Crippen molar-refractivity contribution in [3.63, 3.8) is 0 Å². The number of carbonyl (C=O) groups is 3. The molecule has 1 aliphatic heterocycles. The molecule has 1 atom stereocenters. The number of esters is 1. The van der Waals surface area contributed by atoms with Crippen molar-refractivity contribution in [2.75, 3.05) is 13.2 Å². The molecule has 2 amide bonds. The van der Waals surface area contributed by atoms with Crippen molar-refractivity contribution >= 4 is 23.5 Å². The highest BCUT2D eigenvalue weighted by Crippen LogP contribution is 2.50. The summed E-state index contributed by atoms with van der Waals surface area (Å²) in [6.45, 7) is 10.5. The first-order valence-electron chi connectivity index (χ1n) is 16.5. The van der Waals surface area contributed by atoms with Crippen LogP contribution in [0.5, 0.6) is 5.75 Å². The molecule has 9 heteroatoms. The van der Waals surface area contributed by atoms with Gasteiger partial charge in [0.25, 0.3) is 5.91 Å². The van der Waals surface area contributed by atoms with Gasteiger partial charge in [0.15, 0.2) is 5.76 Å². The third-order valence-electron chi connectivity index (χ3n) is 7.99. The zero-order valence-electron chi connectivity index (χ0n) is 28.8. The maximum Gasteiger partial charge on any atom is 0.407 e. The van der Waals surface area contributed by atoms with Crippen LogP contribution in [-0.4, -0.2) is 36.8 Å². The van der Waals surface area contributed by atoms with Gasteiger partial charge in [0, 0.05) is 24.2 Å². The third kappa shape index (κ3) is 9.41. The number of benzene rings is 3. The standard InChI is InChI=1S/C40H44N2O7/c1-6-46-35(43)21-31-16-10-11-18-33(31)47-26-29-20-32(30-17-12-15-28(19-30)25-42-38(45)49-39(2,3)4)36-40(5,22-29)23-34(48-36)37(44)41-24-27-13-8-7-9-14-27/h7-20,23H,6,21-22,24-26H2,1-5H3,(H,41,44)(H,42,45). The lowest BCUT2D eigenvalue weighted by atomic mass is 9.75. The molecule has 0 fully saturated rings. The van der Waals surface area contributed by atoms with E-state index in [-0.39, 0.29) is 37.2 Å². The van der Waals surface area contributed by atoms with Crippen LogP contribution in [0, 0.1) is 5.41 Å². The second-order valence-electron chi connectivity index (χ2n) is 13.4. The van der Waals surface area contributed by atoms with Crippen LogP contribution in [0.2, 0.25) is 0 Å². The van der Waals surface area contributed by atoms with E-state index < -0.39 is 17.1 Å². The maximum absolute atomic E-state index is 13.4. The van der Waals surface area contributed by atoms with Crippen LogP contribution in [0.15, 0.2) is 108 Å². The van der Waals surface area contributed by atoms with E-state index in [4.69, 9.17) is 18.9 Å². The minimum atomic E-state index is -0.628. The summed E-state index contributed by atoms with van der Waals surface area (Å²) in [7, 11) is 0. The summed E-state index contributed by atoms with van der Waals surface area (Å²) in [5.74, 6) is 0.898. The minimum Gasteiger partial charge on any atom is -0.489 e. The Balaban J connectivity index is 1.41. The molecular formula is C40H44N2O7. The number of amides is 2. The molecule has 2 N–H and O–H groups in total. The number of hydrogen-bond donors (Lipinski definition) is 2. The molecule has 0 radical (unpaired) electrons. The molecule has 1 unspecified atom stereocenters. The van der Waals surface area contributed by atoms with Gasteiger partial charge in [0.05, 0.1) is 18.4 Å². The van der Waals surface area contributed by atoms with Gasteiger partial charge < -0.3 is 29.6 Å². The smallest absolute Gasteiger partial charge is 0.407 e. The van der Waals surface area contributed by atoms with Gasteiger partial charge in [-0.25, -0.2) is 4.79 Å². The fourth-order valence-corrected chi connectivity index (χ4v) is 5.85. The first kappa shape index (κ1) is 35.0. The molecule has 2 aliphatic rings. The fraction of sp³-hybridized carbons (Fsp3) is 0.325. The highest BCUT2D eigenvalue weighted by Gasteiger charge is 2.43. The molecule has 3 aromatic rings. The number of alkyl carbamates (subject to hydrolysis) is 1. The highest BCUT2D eigenvalue weighted by molar-refractivity contribution is 5.93. The average molecular weight is 665 g/mol. The first-order valence-corrected chi connectivity index (χ1v) is 16.5. The molecular weight excluding hydrogens is 620 g/mol. The second-order valence-corrected chi connectivity index (χ2v) is 13.4. The van der Waals surface area contributed by atoms with E-state index in [0.717, 1.165) is 33.4 Å². The molecule has 3 aromatic carbocycles. The van der Waals surface area contributed by atoms with Gasteiger partial charge in [0.1, 0.15) is 23.7 Å². The summed E-state index contributed by atoms with van der Waals surface area (Å²) in [6, 6.07) is 25.0. The van der Waals surface area contributed by atoms with Gasteiger partial charge in [-0.2, -0.15) is 0 Å². The summed E-state index contributed by atoms with van der Waals surface area (Å²) in [5.41, 5.74) is 4.02. The molecule has 0 saturated heterocycles. The zero-order chi connectivity index (χ0) is 35.0. The zero-order valence-corrected chi connectivity index (χ0v) is 28.8. The van der Waals surface area contributed by atoms with Gasteiger partial charge in [-0.3, -0.25) is 9.59 Å². The van der Waals surface area contributed by atoms with E-state index in [1.807, 2.05) is 112 Å². The molecule has 49 heavy (non-hydrogen) atoms. The van der Waals surface area contributed by atoms with Crippen LogP contribution in [0.25, 0.3) is 5.57 Å². The molecule has 5 rings (SSSR count). The Morgan fingerprint density at radius 3 is 2.37 bits per heavy atom. The molecule has 0 saturated carbocycles. The number of carbonyl (C=O) groups excluding carboxylic acids is 3. The van der Waals surface area contributed by atoms with Crippen molar-refractivity contribution in [3.8, 4) is 5.75 Å². The van der Waals surface area contributed by atoms with E-state index in [1.165, 1.54) is 0 Å². The van der Waals surface area contributed by atoms with E-state index in [0.29, 0.717) is 31.1 Å². The Hall–Kier alpha value is -5.31. The van der Waals surface area contributed by atoms with Gasteiger partial charge in [-0.05, 0) is 87.6 Å². The third-order valence-corrected chi connectivity index (χ3v) is 7.99. The van der Waals surface area contributed by atoms with Crippen LogP contribution in [0.1, 0.15) is 63.3 Å². The molecule has 1 heterocycles. The lowest BCUT2D eigenvalue weighted by Crippen LogP contribution is -2.32. The number of ether oxygens (including phenoxy) is 4. The number of fused-ring (bicyclic) bond motifs is 1. The van der Waals surface area contributed by atoms with E-state index >= 15 is 0 Å². The second kappa shape index (κ2) is 15.3. The lowest BCUT2D eigenvalue weighted by molar-refractivity contribution is -0.142. The number of allylic oxidation sites excluding steroid dienone is 3. The van der Waals surface area contributed by atoms with Crippen molar-refractivity contribution in [2.45, 2.75) is 66.2 Å². The Morgan fingerprint density at radius 1 is 0.898 bits per heavy atom. The van der Waals surface area contributed by atoms with Crippen molar-refractivity contribution in [1.29, 1.82) is 0 Å². The van der Waals surface area contributed by atoms with E-state index in [9.17, 15) is 14.4 Å². The molecule has 0 spiro atoms. The molecule has 0 aromatic heterocycles. The van der Waals surface area contributed by atoms with Crippen molar-refractivity contribution in [1.82, 2.24) is 10.6 Å². The average Bonchev–Trinajstić information content (AvgIpc) is 3.43. The molecule has 1 aliphatic carbocycles. The van der Waals surface area contributed by atoms with Crippen LogP contribution in [-0.2, 0) is 43.3 Å². The van der Waals surface area contributed by atoms with Gasteiger partial charge >= 0.3 is 12.1 Å². The molecule has 256 valence electrons. The predicted molar refractivity (Wildman–Crippen MR) is 187 cm³/mol. The first-order chi connectivity index (χ1) is 23.4. The number of rotatable bonds is 12. The van der Waals surface area contributed by atoms with Gasteiger partial charge in [-0.15, -0.1) is 0 Å². The van der Waals surface area contributed by atoms with Crippen LogP contribution < -0.4 is 15.4 Å². The fourth-order valence-electron chi connectivity index (χ4n) is 5.85. The SMILES string of the molecule is CCOC(=O)Cc1ccccc1OCC1=CC(c2cccc(CNC(=O)OC(C)(C)C)c2)=C2OC(C(=O)NCc3ccccc3)=CC2(C)C1. The van der Waals surface area contributed by atoms with Crippen LogP contribution in [0.4, 0.5) is 4.79 Å². The molecule has 0 bridgehead atoms. The van der Waals surface area contributed by atoms with Crippen LogP contribution in [0.3, 0.4) is 0 Å². The van der Waals surface area contributed by atoms with Gasteiger partial charge in [0.2, 0.25) is 0 Å². The van der Waals surface area contributed by atoms with Crippen LogP contribution >= 0.6 is 0 Å². The Kier molecular flexibility index (Phi) is 10.9. The largest absolute Gasteiger partial charge is 0.489 e. The minimum absolute atomic E-state index is 0.109. The Morgan fingerprint density at radius 2 is 1.61 bits per heavy atom. The summed E-state index contributed by atoms with van der Waals surface area (Å²) in [4.78, 5) is 37.9. The van der Waals surface area contributed by atoms with Crippen molar-refractivity contribution in [3.05, 3.63) is 130 Å². The number of hydrogen-bond acceptors (Lipinski definition) is 7. The normalized spacial score (nSPS) is 16.8.